The Kier molecular flexibility index (Phi) is 13.9. The van der Waals surface area contributed by atoms with Crippen LogP contribution in [0.2, 0.25) is 0 Å². The number of ketones is 1. The molecule has 1 heterocycles. The number of aromatic nitrogens is 1. The maximum atomic E-state index is 11.9. The Bertz CT molecular complexity index is 452. The van der Waals surface area contributed by atoms with Crippen LogP contribution in [0.4, 0.5) is 0 Å². The zero-order valence-corrected chi connectivity index (χ0v) is 16.2. The summed E-state index contributed by atoms with van der Waals surface area (Å²) in [6.07, 6.45) is 23.7. The minimum absolute atomic E-state index is 0.179. The van der Waals surface area contributed by atoms with Crippen LogP contribution in [-0.4, -0.2) is 10.8 Å². The van der Waals surface area contributed by atoms with E-state index in [1.165, 1.54) is 70.6 Å². The highest BCUT2D eigenvalue weighted by atomic mass is 16.1. The molecule has 0 aromatic carbocycles. The SMILES string of the molecule is CCCCCCCC/C=C/CCCCCCCC(=O)c1ccccn1. The van der Waals surface area contributed by atoms with Gasteiger partial charge in [-0.3, -0.25) is 9.78 Å². The fraction of sp³-hybridized carbons (Fsp3) is 0.652. The van der Waals surface area contributed by atoms with Crippen molar-refractivity contribution in [3.05, 3.63) is 42.2 Å². The van der Waals surface area contributed by atoms with Crippen molar-refractivity contribution in [1.82, 2.24) is 4.98 Å². The third-order valence-electron chi connectivity index (χ3n) is 4.62. The molecular formula is C23H37NO. The van der Waals surface area contributed by atoms with Crippen molar-refractivity contribution in [3.8, 4) is 0 Å². The van der Waals surface area contributed by atoms with E-state index in [0.29, 0.717) is 12.1 Å². The Hall–Kier alpha value is -1.44. The lowest BCUT2D eigenvalue weighted by atomic mass is 10.1. The molecule has 0 N–H and O–H groups in total. The van der Waals surface area contributed by atoms with Crippen LogP contribution in [0.3, 0.4) is 0 Å². The van der Waals surface area contributed by atoms with Gasteiger partial charge in [0.05, 0.1) is 0 Å². The minimum Gasteiger partial charge on any atom is -0.292 e. The summed E-state index contributed by atoms with van der Waals surface area (Å²) in [6.45, 7) is 2.27. The molecule has 2 heteroatoms. The first kappa shape index (κ1) is 21.6. The summed E-state index contributed by atoms with van der Waals surface area (Å²) >= 11 is 0. The number of hydrogen-bond donors (Lipinski definition) is 0. The van der Waals surface area contributed by atoms with Crippen LogP contribution < -0.4 is 0 Å². The number of unbranched alkanes of at least 4 members (excludes halogenated alkanes) is 11. The first-order chi connectivity index (χ1) is 12.3. The lowest BCUT2D eigenvalue weighted by Crippen LogP contribution is -2.01. The van der Waals surface area contributed by atoms with E-state index in [2.05, 4.69) is 24.1 Å². The molecule has 0 aliphatic heterocycles. The highest BCUT2D eigenvalue weighted by molar-refractivity contribution is 5.94. The van der Waals surface area contributed by atoms with Gasteiger partial charge in [-0.15, -0.1) is 0 Å². The highest BCUT2D eigenvalue weighted by Crippen LogP contribution is 2.11. The monoisotopic (exact) mass is 343 g/mol. The molecule has 25 heavy (non-hydrogen) atoms. The summed E-state index contributed by atoms with van der Waals surface area (Å²) in [5.74, 6) is 0.179. The Balaban J connectivity index is 1.84. The molecule has 1 aromatic heterocycles. The lowest BCUT2D eigenvalue weighted by Gasteiger charge is -2.01. The van der Waals surface area contributed by atoms with E-state index in [4.69, 9.17) is 0 Å². The van der Waals surface area contributed by atoms with Crippen LogP contribution >= 0.6 is 0 Å². The van der Waals surface area contributed by atoms with Crippen molar-refractivity contribution >= 4 is 5.78 Å². The van der Waals surface area contributed by atoms with Crippen molar-refractivity contribution < 1.29 is 4.79 Å². The van der Waals surface area contributed by atoms with Crippen molar-refractivity contribution in [2.24, 2.45) is 0 Å². The van der Waals surface area contributed by atoms with E-state index in [1.807, 2.05) is 12.1 Å². The number of carbonyl (C=O) groups is 1. The smallest absolute Gasteiger partial charge is 0.181 e. The topological polar surface area (TPSA) is 30.0 Å². The minimum atomic E-state index is 0.179. The number of pyridine rings is 1. The zero-order chi connectivity index (χ0) is 18.0. The molecule has 1 rings (SSSR count). The van der Waals surface area contributed by atoms with Crippen molar-refractivity contribution in [2.45, 2.75) is 96.8 Å². The van der Waals surface area contributed by atoms with Crippen molar-refractivity contribution in [3.63, 3.8) is 0 Å². The molecule has 0 aliphatic rings. The van der Waals surface area contributed by atoms with E-state index < -0.39 is 0 Å². The molecule has 140 valence electrons. The van der Waals surface area contributed by atoms with Crippen molar-refractivity contribution in [2.75, 3.05) is 0 Å². The number of rotatable bonds is 16. The quantitative estimate of drug-likeness (QED) is 0.179. The second-order valence-corrected chi connectivity index (χ2v) is 6.97. The number of carbonyl (C=O) groups excluding carboxylic acids is 1. The summed E-state index contributed by atoms with van der Waals surface area (Å²) in [7, 11) is 0. The molecule has 0 unspecified atom stereocenters. The molecule has 2 nitrogen and oxygen atoms in total. The summed E-state index contributed by atoms with van der Waals surface area (Å²) in [5.41, 5.74) is 0.609. The molecule has 0 radical (unpaired) electrons. The molecule has 0 spiro atoms. The van der Waals surface area contributed by atoms with Crippen LogP contribution in [0.1, 0.15) is 107 Å². The zero-order valence-electron chi connectivity index (χ0n) is 16.2. The average Bonchev–Trinajstić information content (AvgIpc) is 2.65. The largest absolute Gasteiger partial charge is 0.292 e. The van der Waals surface area contributed by atoms with Crippen LogP contribution in [0, 0.1) is 0 Å². The van der Waals surface area contributed by atoms with Crippen LogP contribution in [0.5, 0.6) is 0 Å². The van der Waals surface area contributed by atoms with Gasteiger partial charge < -0.3 is 0 Å². The molecule has 1 aromatic rings. The van der Waals surface area contributed by atoms with E-state index in [0.717, 1.165) is 12.8 Å². The fourth-order valence-corrected chi connectivity index (χ4v) is 3.01. The van der Waals surface area contributed by atoms with Gasteiger partial charge in [0.1, 0.15) is 5.69 Å². The first-order valence-electron chi connectivity index (χ1n) is 10.4. The Morgan fingerprint density at radius 2 is 1.44 bits per heavy atom. The number of Topliss-reactive ketones (excluding diaryl/α,β-unsaturated/α-hetero) is 1. The molecular weight excluding hydrogens is 306 g/mol. The van der Waals surface area contributed by atoms with Gasteiger partial charge in [0.25, 0.3) is 0 Å². The van der Waals surface area contributed by atoms with Crippen molar-refractivity contribution in [1.29, 1.82) is 0 Å². The van der Waals surface area contributed by atoms with Gasteiger partial charge in [0, 0.05) is 12.6 Å². The van der Waals surface area contributed by atoms with E-state index >= 15 is 0 Å². The van der Waals surface area contributed by atoms with Gasteiger partial charge in [0.15, 0.2) is 5.78 Å². The number of nitrogens with zero attached hydrogens (tertiary/aromatic N) is 1. The second-order valence-electron chi connectivity index (χ2n) is 6.97. The Labute approximate surface area is 155 Å². The Morgan fingerprint density at radius 3 is 2.04 bits per heavy atom. The summed E-state index contributed by atoms with van der Waals surface area (Å²) in [6, 6.07) is 5.53. The summed E-state index contributed by atoms with van der Waals surface area (Å²) < 4.78 is 0. The van der Waals surface area contributed by atoms with E-state index in [-0.39, 0.29) is 5.78 Å². The van der Waals surface area contributed by atoms with Crippen LogP contribution in [0.25, 0.3) is 0 Å². The molecule has 0 amide bonds. The molecule has 0 saturated heterocycles. The summed E-state index contributed by atoms with van der Waals surface area (Å²) in [4.78, 5) is 16.0. The number of allylic oxidation sites excluding steroid dienone is 2. The molecule has 0 bridgehead atoms. The summed E-state index contributed by atoms with van der Waals surface area (Å²) in [5, 5.41) is 0. The molecule has 0 saturated carbocycles. The van der Waals surface area contributed by atoms with E-state index in [9.17, 15) is 4.79 Å². The van der Waals surface area contributed by atoms with Gasteiger partial charge in [0.2, 0.25) is 0 Å². The van der Waals surface area contributed by atoms with Gasteiger partial charge in [-0.25, -0.2) is 0 Å². The molecule has 0 aliphatic carbocycles. The third-order valence-corrected chi connectivity index (χ3v) is 4.62. The van der Waals surface area contributed by atoms with Crippen LogP contribution in [-0.2, 0) is 0 Å². The number of hydrogen-bond acceptors (Lipinski definition) is 2. The maximum Gasteiger partial charge on any atom is 0.181 e. The Morgan fingerprint density at radius 1 is 0.840 bits per heavy atom. The molecule has 0 atom stereocenters. The standard InChI is InChI=1S/C23H37NO/c1-2-3-4-5-6-7-8-9-10-11-12-13-14-15-16-20-23(25)22-19-17-18-21-24-22/h9-10,17-19,21H,2-8,11-16,20H2,1H3/b10-9+. The van der Waals surface area contributed by atoms with E-state index in [1.54, 1.807) is 12.3 Å². The third kappa shape index (κ3) is 12.6. The normalized spacial score (nSPS) is 11.2. The molecule has 0 fully saturated rings. The highest BCUT2D eigenvalue weighted by Gasteiger charge is 2.05. The predicted octanol–water partition coefficient (Wildman–Crippen LogP) is 7.30. The maximum absolute atomic E-state index is 11.9. The predicted molar refractivity (Wildman–Crippen MR) is 108 cm³/mol. The average molecular weight is 344 g/mol. The van der Waals surface area contributed by atoms with Gasteiger partial charge in [-0.05, 0) is 44.2 Å². The lowest BCUT2D eigenvalue weighted by molar-refractivity contribution is 0.0974. The van der Waals surface area contributed by atoms with Crippen LogP contribution in [0.15, 0.2) is 36.5 Å². The van der Waals surface area contributed by atoms with Gasteiger partial charge in [-0.1, -0.05) is 76.5 Å². The van der Waals surface area contributed by atoms with Gasteiger partial charge in [-0.2, -0.15) is 0 Å². The second kappa shape index (κ2) is 16.1. The first-order valence-corrected chi connectivity index (χ1v) is 10.4. The fourth-order valence-electron chi connectivity index (χ4n) is 3.01. The van der Waals surface area contributed by atoms with Gasteiger partial charge >= 0.3 is 0 Å².